The van der Waals surface area contributed by atoms with Gasteiger partial charge in [-0.1, -0.05) is 23.7 Å². The Morgan fingerprint density at radius 3 is 2.46 bits per heavy atom. The van der Waals surface area contributed by atoms with Crippen molar-refractivity contribution in [3.63, 3.8) is 0 Å². The normalized spacial score (nSPS) is 11.2. The molecule has 0 bridgehead atoms. The number of anilines is 2. The van der Waals surface area contributed by atoms with Crippen LogP contribution in [-0.4, -0.2) is 33.6 Å². The zero-order valence-electron chi connectivity index (χ0n) is 13.4. The maximum Gasteiger partial charge on any atom is 0.335 e. The van der Waals surface area contributed by atoms with Gasteiger partial charge in [-0.05, 0) is 36.8 Å². The predicted octanol–water partition coefficient (Wildman–Crippen LogP) is 3.21. The van der Waals surface area contributed by atoms with Crippen molar-refractivity contribution in [2.24, 2.45) is 0 Å². The van der Waals surface area contributed by atoms with E-state index in [1.807, 2.05) is 0 Å². The van der Waals surface area contributed by atoms with E-state index < -0.39 is 16.0 Å². The molecule has 128 valence electrons. The van der Waals surface area contributed by atoms with Gasteiger partial charge in [-0.2, -0.15) is 0 Å². The van der Waals surface area contributed by atoms with Crippen molar-refractivity contribution in [3.8, 4) is 0 Å². The lowest BCUT2D eigenvalue weighted by atomic mass is 10.1. The average Bonchev–Trinajstić information content (AvgIpc) is 2.46. The lowest BCUT2D eigenvalue weighted by Gasteiger charge is -2.20. The highest BCUT2D eigenvalue weighted by Gasteiger charge is 2.20. The van der Waals surface area contributed by atoms with E-state index >= 15 is 0 Å². The molecule has 0 atom stereocenters. The molecule has 2 aromatic carbocycles. The van der Waals surface area contributed by atoms with E-state index in [-0.39, 0.29) is 10.5 Å². The van der Waals surface area contributed by atoms with Crippen LogP contribution in [0.2, 0.25) is 5.02 Å². The first-order valence-electron chi connectivity index (χ1n) is 6.96. The molecule has 2 N–H and O–H groups in total. The SMILES string of the molecule is Cc1ccc(S(=O)(=O)Nc2cccc(Cl)c2N(C)C)cc1C(=O)O. The summed E-state index contributed by atoms with van der Waals surface area (Å²) in [5.41, 5.74) is 1.26. The zero-order chi connectivity index (χ0) is 18.1. The number of nitrogens with one attached hydrogen (secondary N) is 1. The zero-order valence-corrected chi connectivity index (χ0v) is 14.9. The highest BCUT2D eigenvalue weighted by Crippen LogP contribution is 2.34. The molecule has 0 saturated carbocycles. The Morgan fingerprint density at radius 1 is 1.21 bits per heavy atom. The second-order valence-corrected chi connectivity index (χ2v) is 7.51. The van der Waals surface area contributed by atoms with Gasteiger partial charge in [0.15, 0.2) is 0 Å². The third-order valence-corrected chi connectivity index (χ3v) is 5.10. The molecule has 0 fully saturated rings. The Balaban J connectivity index is 2.49. The highest BCUT2D eigenvalue weighted by molar-refractivity contribution is 7.92. The van der Waals surface area contributed by atoms with E-state index in [2.05, 4.69) is 4.72 Å². The fraction of sp³-hybridized carbons (Fsp3) is 0.188. The molecule has 6 nitrogen and oxygen atoms in total. The molecule has 0 spiro atoms. The number of aromatic carboxylic acids is 1. The largest absolute Gasteiger partial charge is 0.478 e. The van der Waals surface area contributed by atoms with Gasteiger partial charge in [0.2, 0.25) is 0 Å². The van der Waals surface area contributed by atoms with E-state index in [4.69, 9.17) is 16.7 Å². The number of carboxylic acid groups (broad SMARTS) is 1. The van der Waals surface area contributed by atoms with Crippen LogP contribution in [0.4, 0.5) is 11.4 Å². The lowest BCUT2D eigenvalue weighted by Crippen LogP contribution is -2.18. The predicted molar refractivity (Wildman–Crippen MR) is 94.7 cm³/mol. The molecule has 2 rings (SSSR count). The summed E-state index contributed by atoms with van der Waals surface area (Å²) in [7, 11) is -0.471. The molecule has 0 saturated heterocycles. The van der Waals surface area contributed by atoms with Gasteiger partial charge in [0.25, 0.3) is 10.0 Å². The number of hydrogen-bond acceptors (Lipinski definition) is 4. The minimum Gasteiger partial charge on any atom is -0.478 e. The van der Waals surface area contributed by atoms with Crippen LogP contribution in [-0.2, 0) is 10.0 Å². The van der Waals surface area contributed by atoms with Crippen molar-refractivity contribution in [2.75, 3.05) is 23.7 Å². The summed E-state index contributed by atoms with van der Waals surface area (Å²) in [6.07, 6.45) is 0. The maximum atomic E-state index is 12.6. The first-order valence-corrected chi connectivity index (χ1v) is 8.82. The summed E-state index contributed by atoms with van der Waals surface area (Å²) >= 11 is 6.13. The molecule has 0 radical (unpaired) electrons. The molecule has 0 amide bonds. The average molecular weight is 369 g/mol. The number of sulfonamides is 1. The van der Waals surface area contributed by atoms with Crippen molar-refractivity contribution in [2.45, 2.75) is 11.8 Å². The van der Waals surface area contributed by atoms with E-state index in [0.29, 0.717) is 22.0 Å². The summed E-state index contributed by atoms with van der Waals surface area (Å²) in [6, 6.07) is 8.84. The van der Waals surface area contributed by atoms with E-state index in [1.165, 1.54) is 12.1 Å². The molecule has 0 aromatic heterocycles. The standard InChI is InChI=1S/C16H17ClN2O4S/c1-10-7-8-11(9-12(10)16(20)21)24(22,23)18-14-6-4-5-13(17)15(14)19(2)3/h4-9,18H,1-3H3,(H,20,21). The fourth-order valence-corrected chi connectivity index (χ4v) is 3.69. The van der Waals surface area contributed by atoms with Crippen molar-refractivity contribution >= 4 is 39.0 Å². The highest BCUT2D eigenvalue weighted by atomic mass is 35.5. The Hall–Kier alpha value is -2.25. The topological polar surface area (TPSA) is 86.7 Å². The Labute approximate surface area is 145 Å². The first-order chi connectivity index (χ1) is 11.1. The van der Waals surface area contributed by atoms with Gasteiger partial charge < -0.3 is 10.0 Å². The van der Waals surface area contributed by atoms with Crippen molar-refractivity contribution in [1.29, 1.82) is 0 Å². The van der Waals surface area contributed by atoms with Crippen molar-refractivity contribution < 1.29 is 18.3 Å². The summed E-state index contributed by atoms with van der Waals surface area (Å²) in [4.78, 5) is 12.8. The first kappa shape index (κ1) is 18.1. The number of para-hydroxylation sites is 1. The molecule has 0 aliphatic rings. The molecular weight excluding hydrogens is 352 g/mol. The second kappa shape index (κ2) is 6.70. The van der Waals surface area contributed by atoms with Gasteiger partial charge in [-0.3, -0.25) is 4.72 Å². The Kier molecular flexibility index (Phi) is 5.05. The Bertz CT molecular complexity index is 895. The molecule has 24 heavy (non-hydrogen) atoms. The van der Waals surface area contributed by atoms with E-state index in [0.717, 1.165) is 6.07 Å². The third-order valence-electron chi connectivity index (χ3n) is 3.43. The summed E-state index contributed by atoms with van der Waals surface area (Å²) in [5, 5.41) is 9.56. The fourth-order valence-electron chi connectivity index (χ4n) is 2.25. The number of aryl methyl sites for hydroxylation is 1. The van der Waals surface area contributed by atoms with Gasteiger partial charge in [-0.15, -0.1) is 0 Å². The number of rotatable bonds is 5. The molecular formula is C16H17ClN2O4S. The van der Waals surface area contributed by atoms with E-state index in [1.54, 1.807) is 44.1 Å². The quantitative estimate of drug-likeness (QED) is 0.846. The minimum atomic E-state index is -3.96. The summed E-state index contributed by atoms with van der Waals surface area (Å²) < 4.78 is 27.7. The number of carboxylic acids is 1. The molecule has 8 heteroatoms. The smallest absolute Gasteiger partial charge is 0.335 e. The molecule has 0 aliphatic carbocycles. The number of hydrogen-bond donors (Lipinski definition) is 2. The monoisotopic (exact) mass is 368 g/mol. The maximum absolute atomic E-state index is 12.6. The minimum absolute atomic E-state index is 0.0585. The number of benzene rings is 2. The van der Waals surface area contributed by atoms with Gasteiger partial charge >= 0.3 is 5.97 Å². The van der Waals surface area contributed by atoms with E-state index in [9.17, 15) is 13.2 Å². The molecule has 0 unspecified atom stereocenters. The van der Waals surface area contributed by atoms with Gasteiger partial charge in [0, 0.05) is 14.1 Å². The summed E-state index contributed by atoms with van der Waals surface area (Å²) in [5.74, 6) is -1.18. The number of nitrogens with zero attached hydrogens (tertiary/aromatic N) is 1. The summed E-state index contributed by atoms with van der Waals surface area (Å²) in [6.45, 7) is 1.61. The molecule has 2 aromatic rings. The number of carbonyl (C=O) groups is 1. The van der Waals surface area contributed by atoms with Crippen molar-refractivity contribution in [1.82, 2.24) is 0 Å². The lowest BCUT2D eigenvalue weighted by molar-refractivity contribution is 0.0696. The second-order valence-electron chi connectivity index (χ2n) is 5.42. The van der Waals surface area contributed by atoms with Gasteiger partial charge in [0.1, 0.15) is 0 Å². The molecule has 0 aliphatic heterocycles. The van der Waals surface area contributed by atoms with Gasteiger partial charge in [-0.25, -0.2) is 13.2 Å². The van der Waals surface area contributed by atoms with Crippen molar-refractivity contribution in [3.05, 3.63) is 52.5 Å². The van der Waals surface area contributed by atoms with Crippen LogP contribution >= 0.6 is 11.6 Å². The van der Waals surface area contributed by atoms with Crippen LogP contribution in [0.25, 0.3) is 0 Å². The van der Waals surface area contributed by atoms with Crippen LogP contribution in [0.15, 0.2) is 41.3 Å². The number of halogens is 1. The van der Waals surface area contributed by atoms with Crippen LogP contribution in [0.1, 0.15) is 15.9 Å². The van der Waals surface area contributed by atoms with Crippen LogP contribution in [0.3, 0.4) is 0 Å². The Morgan fingerprint density at radius 2 is 1.88 bits per heavy atom. The molecule has 0 heterocycles. The third kappa shape index (κ3) is 3.63. The van der Waals surface area contributed by atoms with Crippen LogP contribution in [0, 0.1) is 6.92 Å². The van der Waals surface area contributed by atoms with Crippen LogP contribution < -0.4 is 9.62 Å². The van der Waals surface area contributed by atoms with Gasteiger partial charge in [0.05, 0.1) is 26.9 Å². The van der Waals surface area contributed by atoms with Crippen LogP contribution in [0.5, 0.6) is 0 Å².